The van der Waals surface area contributed by atoms with Crippen LogP contribution in [0.5, 0.6) is 11.8 Å². The average molecular weight is 337 g/mol. The van der Waals surface area contributed by atoms with Crippen molar-refractivity contribution in [2.24, 2.45) is 0 Å². The number of aryl methyl sites for hydroxylation is 3. The van der Waals surface area contributed by atoms with Crippen molar-refractivity contribution in [2.75, 3.05) is 18.9 Å². The lowest BCUT2D eigenvalue weighted by atomic mass is 10.1. The van der Waals surface area contributed by atoms with E-state index < -0.39 is 0 Å². The number of nitrogen functional groups attached to an aromatic ring is 1. The predicted octanol–water partition coefficient (Wildman–Crippen LogP) is 2.29. The van der Waals surface area contributed by atoms with Gasteiger partial charge in [0, 0.05) is 6.54 Å². The molecule has 0 saturated carbocycles. The summed E-state index contributed by atoms with van der Waals surface area (Å²) in [5, 5.41) is 0. The molecule has 0 aliphatic carbocycles. The monoisotopic (exact) mass is 337 g/mol. The summed E-state index contributed by atoms with van der Waals surface area (Å²) in [6, 6.07) is 8.38. The summed E-state index contributed by atoms with van der Waals surface area (Å²) in [6.45, 7) is 3.51. The molecular formula is C18H19N5O2. The zero-order chi connectivity index (χ0) is 17.2. The van der Waals surface area contributed by atoms with E-state index in [4.69, 9.17) is 15.2 Å². The van der Waals surface area contributed by atoms with Gasteiger partial charge in [-0.2, -0.15) is 9.97 Å². The minimum Gasteiger partial charge on any atom is -0.490 e. The van der Waals surface area contributed by atoms with Gasteiger partial charge >= 0.3 is 6.01 Å². The molecule has 2 N–H and O–H groups in total. The Morgan fingerprint density at radius 3 is 2.80 bits per heavy atom. The lowest BCUT2D eigenvalue weighted by Gasteiger charge is -2.09. The number of benzene rings is 1. The van der Waals surface area contributed by atoms with E-state index in [1.807, 2.05) is 35.8 Å². The van der Waals surface area contributed by atoms with E-state index in [9.17, 15) is 0 Å². The van der Waals surface area contributed by atoms with Crippen LogP contribution in [0.4, 0.5) is 5.82 Å². The third-order valence-electron chi connectivity index (χ3n) is 4.14. The van der Waals surface area contributed by atoms with Gasteiger partial charge in [-0.15, -0.1) is 0 Å². The number of ether oxygens (including phenoxy) is 2. The highest BCUT2D eigenvalue weighted by atomic mass is 16.5. The molecule has 2 aromatic heterocycles. The minimum atomic E-state index is 0.257. The SMILES string of the molecule is Cc1nc2c(N)nc3nc2n1CCc1cccc(c1)OC/C=C\CO3. The third kappa shape index (κ3) is 3.13. The molecule has 4 rings (SSSR count). The highest BCUT2D eigenvalue weighted by Gasteiger charge is 2.15. The first kappa shape index (κ1) is 15.4. The van der Waals surface area contributed by atoms with Crippen LogP contribution in [0, 0.1) is 6.92 Å². The zero-order valence-electron chi connectivity index (χ0n) is 14.0. The van der Waals surface area contributed by atoms with Gasteiger partial charge in [-0.05, 0) is 43.2 Å². The van der Waals surface area contributed by atoms with Gasteiger partial charge in [0.2, 0.25) is 0 Å². The van der Waals surface area contributed by atoms with Crippen molar-refractivity contribution in [3.63, 3.8) is 0 Å². The second-order valence-corrected chi connectivity index (χ2v) is 5.87. The molecule has 25 heavy (non-hydrogen) atoms. The molecule has 128 valence electrons. The van der Waals surface area contributed by atoms with Crippen molar-refractivity contribution in [1.29, 1.82) is 0 Å². The normalized spacial score (nSPS) is 15.9. The summed E-state index contributed by atoms with van der Waals surface area (Å²) in [5.41, 5.74) is 8.54. The summed E-state index contributed by atoms with van der Waals surface area (Å²) in [4.78, 5) is 13.2. The van der Waals surface area contributed by atoms with Crippen LogP contribution < -0.4 is 15.2 Å². The van der Waals surface area contributed by atoms with E-state index >= 15 is 0 Å². The molecule has 0 fully saturated rings. The standard InChI is InChI=1S/C18H19N5O2/c1-12-20-15-16(19)21-18-22-17(15)23(12)8-7-13-5-4-6-14(11-13)24-9-2-3-10-25-18/h2-6,11H,7-10H2,1H3,(H2,19,21,22)/b3-2-. The van der Waals surface area contributed by atoms with Crippen LogP contribution in [0.15, 0.2) is 36.4 Å². The van der Waals surface area contributed by atoms with E-state index in [1.165, 1.54) is 5.56 Å². The summed E-state index contributed by atoms with van der Waals surface area (Å²) in [7, 11) is 0. The molecule has 3 aromatic rings. The number of nitrogens with zero attached hydrogens (tertiary/aromatic N) is 4. The number of imidazole rings is 1. The van der Waals surface area contributed by atoms with E-state index in [-0.39, 0.29) is 6.01 Å². The molecule has 1 aliphatic rings. The maximum absolute atomic E-state index is 6.04. The number of nitrogens with two attached hydrogens (primary N) is 1. The van der Waals surface area contributed by atoms with Crippen LogP contribution in [0.1, 0.15) is 11.4 Å². The van der Waals surface area contributed by atoms with Gasteiger partial charge < -0.3 is 19.8 Å². The van der Waals surface area contributed by atoms with E-state index in [0.29, 0.717) is 30.2 Å². The van der Waals surface area contributed by atoms with Crippen LogP contribution in [-0.2, 0) is 13.0 Å². The number of rotatable bonds is 0. The first-order valence-electron chi connectivity index (χ1n) is 8.20. The Bertz CT molecular complexity index is 948. The van der Waals surface area contributed by atoms with Crippen molar-refractivity contribution < 1.29 is 9.47 Å². The van der Waals surface area contributed by atoms with Gasteiger partial charge in [-0.25, -0.2) is 4.98 Å². The first-order valence-corrected chi connectivity index (χ1v) is 8.20. The molecule has 7 heteroatoms. The number of hydrogen-bond acceptors (Lipinski definition) is 6. The summed E-state index contributed by atoms with van der Waals surface area (Å²) >= 11 is 0. The van der Waals surface area contributed by atoms with Crippen molar-refractivity contribution >= 4 is 17.0 Å². The van der Waals surface area contributed by atoms with E-state index in [0.717, 1.165) is 24.5 Å². The Morgan fingerprint density at radius 1 is 1.08 bits per heavy atom. The Morgan fingerprint density at radius 2 is 1.92 bits per heavy atom. The number of anilines is 1. The van der Waals surface area contributed by atoms with E-state index in [2.05, 4.69) is 27.1 Å². The highest BCUT2D eigenvalue weighted by molar-refractivity contribution is 5.82. The summed E-state index contributed by atoms with van der Waals surface area (Å²) in [6.07, 6.45) is 4.61. The van der Waals surface area contributed by atoms with Gasteiger partial charge in [0.05, 0.1) is 0 Å². The van der Waals surface area contributed by atoms with Crippen molar-refractivity contribution in [3.05, 3.63) is 47.8 Å². The fourth-order valence-corrected chi connectivity index (χ4v) is 2.88. The topological polar surface area (TPSA) is 88.1 Å². The van der Waals surface area contributed by atoms with Gasteiger partial charge in [-0.1, -0.05) is 12.1 Å². The Hall–Kier alpha value is -3.09. The highest BCUT2D eigenvalue weighted by Crippen LogP contribution is 2.22. The van der Waals surface area contributed by atoms with Crippen LogP contribution in [0.25, 0.3) is 11.2 Å². The molecule has 4 bridgehead atoms. The predicted molar refractivity (Wildman–Crippen MR) is 94.7 cm³/mol. The van der Waals surface area contributed by atoms with Crippen LogP contribution in [0.3, 0.4) is 0 Å². The smallest absolute Gasteiger partial charge is 0.320 e. The zero-order valence-corrected chi connectivity index (χ0v) is 14.0. The Balaban J connectivity index is 1.78. The molecule has 3 heterocycles. The number of hydrogen-bond donors (Lipinski definition) is 1. The molecule has 0 spiro atoms. The maximum atomic E-state index is 6.04. The molecule has 0 atom stereocenters. The molecule has 0 amide bonds. The third-order valence-corrected chi connectivity index (χ3v) is 4.14. The second-order valence-electron chi connectivity index (χ2n) is 5.87. The molecule has 0 saturated heterocycles. The fraction of sp³-hybridized carbons (Fsp3) is 0.278. The number of aromatic nitrogens is 4. The lowest BCUT2D eigenvalue weighted by molar-refractivity contribution is 0.330. The van der Waals surface area contributed by atoms with Crippen LogP contribution >= 0.6 is 0 Å². The Kier molecular flexibility index (Phi) is 3.97. The van der Waals surface area contributed by atoms with Gasteiger partial charge in [-0.3, -0.25) is 0 Å². The quantitative estimate of drug-likeness (QED) is 0.633. The van der Waals surface area contributed by atoms with E-state index in [1.54, 1.807) is 0 Å². The van der Waals surface area contributed by atoms with Crippen molar-refractivity contribution in [3.8, 4) is 11.8 Å². The molecule has 0 radical (unpaired) electrons. The van der Waals surface area contributed by atoms with Crippen LogP contribution in [-0.4, -0.2) is 32.7 Å². The molecule has 0 unspecified atom stereocenters. The molecule has 7 nitrogen and oxygen atoms in total. The average Bonchev–Trinajstić information content (AvgIpc) is 2.92. The van der Waals surface area contributed by atoms with Crippen LogP contribution in [0.2, 0.25) is 0 Å². The molecule has 1 aromatic carbocycles. The van der Waals surface area contributed by atoms with Gasteiger partial charge in [0.25, 0.3) is 0 Å². The van der Waals surface area contributed by atoms with Gasteiger partial charge in [0.1, 0.15) is 24.8 Å². The maximum Gasteiger partial charge on any atom is 0.320 e. The second kappa shape index (κ2) is 6.43. The largest absolute Gasteiger partial charge is 0.490 e. The van der Waals surface area contributed by atoms with Crippen molar-refractivity contribution in [2.45, 2.75) is 19.9 Å². The van der Waals surface area contributed by atoms with Crippen molar-refractivity contribution in [1.82, 2.24) is 19.5 Å². The molecule has 1 aliphatic heterocycles. The lowest BCUT2D eigenvalue weighted by Crippen LogP contribution is -2.07. The minimum absolute atomic E-state index is 0.257. The first-order chi connectivity index (χ1) is 12.2. The fourth-order valence-electron chi connectivity index (χ4n) is 2.88. The number of fused-ring (bicyclic) bond motifs is 3. The van der Waals surface area contributed by atoms with Gasteiger partial charge in [0.15, 0.2) is 17.0 Å². The summed E-state index contributed by atoms with van der Waals surface area (Å²) in [5.74, 6) is 2.04. The Labute approximate surface area is 145 Å². The summed E-state index contributed by atoms with van der Waals surface area (Å²) < 4.78 is 13.4. The molecular weight excluding hydrogens is 318 g/mol.